The fraction of sp³-hybridized carbons (Fsp3) is 0.200. The largest absolute Gasteiger partial charge is 0.496 e. The Balaban J connectivity index is 2.82. The van der Waals surface area contributed by atoms with Crippen LogP contribution < -0.4 is 5.73 Å². The Bertz CT molecular complexity index is 68.5. The molecule has 0 spiro atoms. The van der Waals surface area contributed by atoms with Gasteiger partial charge in [0, 0.05) is 6.20 Å². The molecule has 0 unspecified atom stereocenters. The van der Waals surface area contributed by atoms with Crippen LogP contribution in [0.5, 0.6) is 0 Å². The molecule has 0 amide bonds. The van der Waals surface area contributed by atoms with Crippen molar-refractivity contribution in [1.29, 1.82) is 0 Å². The van der Waals surface area contributed by atoms with Gasteiger partial charge in [-0.15, -0.1) is 0 Å². The second-order valence-electron chi connectivity index (χ2n) is 0.951. The van der Waals surface area contributed by atoms with Crippen LogP contribution in [-0.2, 0) is 4.74 Å². The van der Waals surface area contributed by atoms with Crippen molar-refractivity contribution in [1.82, 2.24) is 0 Å². The SMILES string of the molecule is C=CCO/C=C\N. The van der Waals surface area contributed by atoms with Crippen LogP contribution >= 0.6 is 0 Å². The van der Waals surface area contributed by atoms with Crippen LogP contribution in [0.25, 0.3) is 0 Å². The molecular formula is C5H9NO. The Labute approximate surface area is 43.3 Å². The molecule has 0 aromatic carbocycles. The molecule has 7 heavy (non-hydrogen) atoms. The van der Waals surface area contributed by atoms with Crippen molar-refractivity contribution in [3.8, 4) is 0 Å². The fourth-order valence-corrected chi connectivity index (χ4v) is 0.179. The highest BCUT2D eigenvalue weighted by atomic mass is 16.5. The minimum atomic E-state index is 0.522. The Morgan fingerprint density at radius 3 is 2.86 bits per heavy atom. The topological polar surface area (TPSA) is 35.2 Å². The predicted molar refractivity (Wildman–Crippen MR) is 29.5 cm³/mol. The van der Waals surface area contributed by atoms with Gasteiger partial charge in [-0.3, -0.25) is 0 Å². The molecule has 2 heteroatoms. The lowest BCUT2D eigenvalue weighted by atomic mass is 10.7. The number of hydrogen-bond acceptors (Lipinski definition) is 2. The van der Waals surface area contributed by atoms with Crippen molar-refractivity contribution in [3.05, 3.63) is 25.1 Å². The van der Waals surface area contributed by atoms with Crippen LogP contribution in [0.2, 0.25) is 0 Å². The van der Waals surface area contributed by atoms with E-state index in [2.05, 4.69) is 6.58 Å². The summed E-state index contributed by atoms with van der Waals surface area (Å²) in [6.45, 7) is 3.95. The molecule has 0 saturated heterocycles. The first-order valence-electron chi connectivity index (χ1n) is 2.01. The second-order valence-corrected chi connectivity index (χ2v) is 0.951. The van der Waals surface area contributed by atoms with Gasteiger partial charge in [-0.2, -0.15) is 0 Å². The summed E-state index contributed by atoms with van der Waals surface area (Å²) in [6.07, 6.45) is 4.41. The number of nitrogens with two attached hydrogens (primary N) is 1. The highest BCUT2D eigenvalue weighted by Crippen LogP contribution is 1.72. The van der Waals surface area contributed by atoms with Gasteiger partial charge in [-0.25, -0.2) is 0 Å². The van der Waals surface area contributed by atoms with Crippen LogP contribution in [0.1, 0.15) is 0 Å². The van der Waals surface area contributed by atoms with E-state index < -0.39 is 0 Å². The van der Waals surface area contributed by atoms with E-state index in [1.807, 2.05) is 0 Å². The summed E-state index contributed by atoms with van der Waals surface area (Å²) in [5, 5.41) is 0. The van der Waals surface area contributed by atoms with E-state index in [9.17, 15) is 0 Å². The van der Waals surface area contributed by atoms with E-state index >= 15 is 0 Å². The molecule has 40 valence electrons. The van der Waals surface area contributed by atoms with Gasteiger partial charge in [-0.05, 0) is 0 Å². The quantitative estimate of drug-likeness (QED) is 0.320. The Morgan fingerprint density at radius 1 is 1.71 bits per heavy atom. The van der Waals surface area contributed by atoms with E-state index in [0.29, 0.717) is 6.61 Å². The van der Waals surface area contributed by atoms with E-state index in [4.69, 9.17) is 10.5 Å². The lowest BCUT2D eigenvalue weighted by Gasteiger charge is -1.88. The van der Waals surface area contributed by atoms with Gasteiger partial charge in [0.1, 0.15) is 6.61 Å². The van der Waals surface area contributed by atoms with Crippen molar-refractivity contribution in [2.45, 2.75) is 0 Å². The van der Waals surface area contributed by atoms with Gasteiger partial charge < -0.3 is 10.5 Å². The number of ether oxygens (including phenoxy) is 1. The molecule has 2 N–H and O–H groups in total. The van der Waals surface area contributed by atoms with Gasteiger partial charge in [0.25, 0.3) is 0 Å². The molecule has 0 aromatic rings. The van der Waals surface area contributed by atoms with Crippen molar-refractivity contribution < 1.29 is 4.74 Å². The van der Waals surface area contributed by atoms with Crippen molar-refractivity contribution in [2.24, 2.45) is 5.73 Å². The van der Waals surface area contributed by atoms with Crippen LogP contribution in [0.3, 0.4) is 0 Å². The van der Waals surface area contributed by atoms with E-state index in [1.165, 1.54) is 12.5 Å². The first-order valence-corrected chi connectivity index (χ1v) is 2.01. The van der Waals surface area contributed by atoms with E-state index in [0.717, 1.165) is 0 Å². The summed E-state index contributed by atoms with van der Waals surface area (Å²) in [7, 11) is 0. The van der Waals surface area contributed by atoms with Crippen LogP contribution in [0.4, 0.5) is 0 Å². The Hall–Kier alpha value is -0.920. The third-order valence-electron chi connectivity index (χ3n) is 0.389. The summed E-state index contributed by atoms with van der Waals surface area (Å²) in [4.78, 5) is 0. The predicted octanol–water partition coefficient (Wildman–Crippen LogP) is 0.619. The minimum Gasteiger partial charge on any atom is -0.496 e. The Morgan fingerprint density at radius 2 is 2.43 bits per heavy atom. The lowest BCUT2D eigenvalue weighted by Crippen LogP contribution is -1.82. The maximum Gasteiger partial charge on any atom is 0.105 e. The van der Waals surface area contributed by atoms with Gasteiger partial charge in [0.2, 0.25) is 0 Å². The average molecular weight is 99.1 g/mol. The van der Waals surface area contributed by atoms with Gasteiger partial charge >= 0.3 is 0 Å². The summed E-state index contributed by atoms with van der Waals surface area (Å²) in [5.74, 6) is 0. The van der Waals surface area contributed by atoms with Crippen LogP contribution in [0, 0.1) is 0 Å². The van der Waals surface area contributed by atoms with E-state index in [1.54, 1.807) is 6.08 Å². The monoisotopic (exact) mass is 99.1 g/mol. The normalized spacial score (nSPS) is 9.14. The molecule has 0 aliphatic heterocycles. The molecule has 0 aliphatic rings. The molecule has 0 heterocycles. The smallest absolute Gasteiger partial charge is 0.105 e. The van der Waals surface area contributed by atoms with Crippen LogP contribution in [-0.4, -0.2) is 6.61 Å². The maximum absolute atomic E-state index is 4.93. The second kappa shape index (κ2) is 5.08. The molecule has 0 fully saturated rings. The van der Waals surface area contributed by atoms with Gasteiger partial charge in [0.15, 0.2) is 0 Å². The van der Waals surface area contributed by atoms with Crippen molar-refractivity contribution >= 4 is 0 Å². The molecule has 0 radical (unpaired) electrons. The number of hydrogen-bond donors (Lipinski definition) is 1. The summed E-state index contributed by atoms with van der Waals surface area (Å²) >= 11 is 0. The van der Waals surface area contributed by atoms with Gasteiger partial charge in [0.05, 0.1) is 6.26 Å². The summed E-state index contributed by atoms with van der Waals surface area (Å²) in [5.41, 5.74) is 4.93. The Kier molecular flexibility index (Phi) is 4.41. The summed E-state index contributed by atoms with van der Waals surface area (Å²) in [6, 6.07) is 0. The maximum atomic E-state index is 4.93. The highest BCUT2D eigenvalue weighted by Gasteiger charge is 1.64. The first kappa shape index (κ1) is 6.08. The standard InChI is InChI=1S/C5H9NO/c1-2-4-7-5-3-6/h2-3,5H,1,4,6H2/b5-3-. The molecule has 0 saturated carbocycles. The fourth-order valence-electron chi connectivity index (χ4n) is 0.179. The highest BCUT2D eigenvalue weighted by molar-refractivity contribution is 4.69. The molecular weight excluding hydrogens is 90.1 g/mol. The minimum absolute atomic E-state index is 0.522. The first-order chi connectivity index (χ1) is 3.41. The zero-order valence-corrected chi connectivity index (χ0v) is 4.13. The lowest BCUT2D eigenvalue weighted by molar-refractivity contribution is 0.289. The molecule has 0 aromatic heterocycles. The van der Waals surface area contributed by atoms with Crippen LogP contribution in [0.15, 0.2) is 25.1 Å². The van der Waals surface area contributed by atoms with E-state index in [-0.39, 0.29) is 0 Å². The zero-order chi connectivity index (χ0) is 5.54. The van der Waals surface area contributed by atoms with Gasteiger partial charge in [-0.1, -0.05) is 12.7 Å². The third kappa shape index (κ3) is 5.08. The van der Waals surface area contributed by atoms with Crippen molar-refractivity contribution in [3.63, 3.8) is 0 Å². The number of rotatable bonds is 3. The molecule has 0 aliphatic carbocycles. The molecule has 2 nitrogen and oxygen atoms in total. The average Bonchev–Trinajstić information content (AvgIpc) is 1.69. The molecule has 0 bridgehead atoms. The summed E-state index contributed by atoms with van der Waals surface area (Å²) < 4.78 is 4.71. The molecule has 0 atom stereocenters. The third-order valence-corrected chi connectivity index (χ3v) is 0.389. The zero-order valence-electron chi connectivity index (χ0n) is 4.13. The molecule has 0 rings (SSSR count). The van der Waals surface area contributed by atoms with Crippen molar-refractivity contribution in [2.75, 3.05) is 6.61 Å².